The number of thiocarbonyl (C=S) groups is 1. The molecule has 0 aliphatic rings. The topological polar surface area (TPSA) is 72.4 Å². The first-order chi connectivity index (χ1) is 11.0. The molecule has 2 rings (SSSR count). The number of benzene rings is 1. The Balaban J connectivity index is 2.07. The molecule has 120 valence electrons. The molecule has 0 bridgehead atoms. The van der Waals surface area contributed by atoms with Crippen LogP contribution in [0, 0.1) is 0 Å². The van der Waals surface area contributed by atoms with Gasteiger partial charge in [-0.1, -0.05) is 18.2 Å². The van der Waals surface area contributed by atoms with E-state index in [-0.39, 0.29) is 17.6 Å². The Morgan fingerprint density at radius 3 is 2.57 bits per heavy atom. The largest absolute Gasteiger partial charge is 0.462 e. The van der Waals surface area contributed by atoms with E-state index in [0.717, 1.165) is 0 Å². The van der Waals surface area contributed by atoms with Crippen LogP contribution in [0.4, 0.5) is 5.82 Å². The second kappa shape index (κ2) is 7.55. The summed E-state index contributed by atoms with van der Waals surface area (Å²) in [6.45, 7) is 2.01. The Morgan fingerprint density at radius 2 is 1.91 bits per heavy atom. The number of carbonyl (C=O) groups is 2. The van der Waals surface area contributed by atoms with Gasteiger partial charge in [0.2, 0.25) is 0 Å². The lowest BCUT2D eigenvalue weighted by molar-refractivity contribution is 0.0527. The summed E-state index contributed by atoms with van der Waals surface area (Å²) < 4.78 is 6.68. The molecule has 1 amide bonds. The summed E-state index contributed by atoms with van der Waals surface area (Å²) in [7, 11) is 1.76. The van der Waals surface area contributed by atoms with Crippen LogP contribution in [-0.4, -0.2) is 28.2 Å². The predicted molar refractivity (Wildman–Crippen MR) is 91.5 cm³/mol. The SMILES string of the molecule is CCOC(=O)c1ccn(C)c1NC(=S)NC(=O)c1ccccc1. The number of ether oxygens (including phenoxy) is 1. The lowest BCUT2D eigenvalue weighted by Crippen LogP contribution is -2.35. The van der Waals surface area contributed by atoms with Gasteiger partial charge >= 0.3 is 5.97 Å². The van der Waals surface area contributed by atoms with Gasteiger partial charge in [-0.15, -0.1) is 0 Å². The average molecular weight is 331 g/mol. The Hall–Kier alpha value is -2.67. The molecule has 0 radical (unpaired) electrons. The number of rotatable bonds is 4. The Labute approximate surface area is 139 Å². The van der Waals surface area contributed by atoms with Crippen molar-refractivity contribution in [3.63, 3.8) is 0 Å². The molecule has 0 saturated carbocycles. The van der Waals surface area contributed by atoms with E-state index in [1.807, 2.05) is 6.07 Å². The molecule has 0 atom stereocenters. The summed E-state index contributed by atoms with van der Waals surface area (Å²) in [6.07, 6.45) is 1.70. The summed E-state index contributed by atoms with van der Waals surface area (Å²) >= 11 is 5.14. The van der Waals surface area contributed by atoms with Crippen molar-refractivity contribution in [2.75, 3.05) is 11.9 Å². The number of anilines is 1. The van der Waals surface area contributed by atoms with Crippen LogP contribution in [0.1, 0.15) is 27.6 Å². The number of aryl methyl sites for hydroxylation is 1. The van der Waals surface area contributed by atoms with Crippen molar-refractivity contribution in [2.45, 2.75) is 6.92 Å². The maximum absolute atomic E-state index is 12.1. The zero-order valence-corrected chi connectivity index (χ0v) is 13.6. The fraction of sp³-hybridized carbons (Fsp3) is 0.188. The van der Waals surface area contributed by atoms with Crippen molar-refractivity contribution < 1.29 is 14.3 Å². The van der Waals surface area contributed by atoms with Gasteiger partial charge in [0.1, 0.15) is 11.4 Å². The van der Waals surface area contributed by atoms with Crippen molar-refractivity contribution in [3.8, 4) is 0 Å². The predicted octanol–water partition coefficient (Wildman–Crippen LogP) is 2.33. The van der Waals surface area contributed by atoms with Gasteiger partial charge in [-0.05, 0) is 37.3 Å². The molecule has 0 fully saturated rings. The highest BCUT2D eigenvalue weighted by molar-refractivity contribution is 7.80. The van der Waals surface area contributed by atoms with E-state index in [4.69, 9.17) is 17.0 Å². The third kappa shape index (κ3) is 4.17. The van der Waals surface area contributed by atoms with E-state index in [1.54, 1.807) is 55.1 Å². The first kappa shape index (κ1) is 16.7. The summed E-state index contributed by atoms with van der Waals surface area (Å²) in [5.41, 5.74) is 0.847. The second-order valence-electron chi connectivity index (χ2n) is 4.68. The minimum absolute atomic E-state index is 0.103. The van der Waals surface area contributed by atoms with Gasteiger partial charge in [0.15, 0.2) is 5.11 Å². The fourth-order valence-electron chi connectivity index (χ4n) is 1.96. The number of esters is 1. The lowest BCUT2D eigenvalue weighted by Gasteiger charge is -2.12. The second-order valence-corrected chi connectivity index (χ2v) is 5.09. The third-order valence-corrected chi connectivity index (χ3v) is 3.27. The third-order valence-electron chi connectivity index (χ3n) is 3.06. The Kier molecular flexibility index (Phi) is 5.48. The Bertz CT molecular complexity index is 725. The number of aromatic nitrogens is 1. The monoisotopic (exact) mass is 331 g/mol. The van der Waals surface area contributed by atoms with Gasteiger partial charge in [-0.3, -0.25) is 10.1 Å². The van der Waals surface area contributed by atoms with E-state index < -0.39 is 5.97 Å². The van der Waals surface area contributed by atoms with E-state index in [2.05, 4.69) is 10.6 Å². The maximum Gasteiger partial charge on any atom is 0.341 e. The fourth-order valence-corrected chi connectivity index (χ4v) is 2.15. The van der Waals surface area contributed by atoms with Gasteiger partial charge < -0.3 is 14.6 Å². The number of hydrogen-bond acceptors (Lipinski definition) is 4. The summed E-state index contributed by atoms with van der Waals surface area (Å²) in [5.74, 6) is -0.315. The number of hydrogen-bond donors (Lipinski definition) is 2. The summed E-state index contributed by atoms with van der Waals surface area (Å²) in [6, 6.07) is 10.4. The molecule has 1 heterocycles. The van der Waals surface area contributed by atoms with Crippen molar-refractivity contribution in [2.24, 2.45) is 7.05 Å². The van der Waals surface area contributed by atoms with Crippen molar-refractivity contribution in [1.29, 1.82) is 0 Å². The molecule has 23 heavy (non-hydrogen) atoms. The van der Waals surface area contributed by atoms with Gasteiger partial charge in [0.25, 0.3) is 5.91 Å². The van der Waals surface area contributed by atoms with E-state index in [9.17, 15) is 9.59 Å². The molecule has 2 N–H and O–H groups in total. The van der Waals surface area contributed by atoms with Gasteiger partial charge in [-0.2, -0.15) is 0 Å². The van der Waals surface area contributed by atoms with Crippen LogP contribution in [0.15, 0.2) is 42.6 Å². The molecule has 0 aliphatic carbocycles. The van der Waals surface area contributed by atoms with Crippen LogP contribution in [0.25, 0.3) is 0 Å². The van der Waals surface area contributed by atoms with Gasteiger partial charge in [0.05, 0.1) is 6.61 Å². The molecule has 6 nitrogen and oxygen atoms in total. The normalized spacial score (nSPS) is 10.0. The molecule has 0 saturated heterocycles. The van der Waals surface area contributed by atoms with E-state index in [1.165, 1.54) is 0 Å². The minimum Gasteiger partial charge on any atom is -0.462 e. The zero-order valence-electron chi connectivity index (χ0n) is 12.8. The van der Waals surface area contributed by atoms with Crippen molar-refractivity contribution >= 4 is 35.0 Å². The van der Waals surface area contributed by atoms with Gasteiger partial charge in [0, 0.05) is 18.8 Å². The van der Waals surface area contributed by atoms with Crippen molar-refractivity contribution in [1.82, 2.24) is 9.88 Å². The smallest absolute Gasteiger partial charge is 0.341 e. The number of nitrogens with zero attached hydrogens (tertiary/aromatic N) is 1. The Morgan fingerprint density at radius 1 is 1.22 bits per heavy atom. The molecule has 0 unspecified atom stereocenters. The molecule has 1 aromatic heterocycles. The zero-order chi connectivity index (χ0) is 16.8. The molecule has 0 spiro atoms. The van der Waals surface area contributed by atoms with Crippen LogP contribution in [-0.2, 0) is 11.8 Å². The first-order valence-corrected chi connectivity index (χ1v) is 7.43. The van der Waals surface area contributed by atoms with Crippen LogP contribution in [0.2, 0.25) is 0 Å². The molecule has 0 aliphatic heterocycles. The first-order valence-electron chi connectivity index (χ1n) is 7.02. The molecular weight excluding hydrogens is 314 g/mol. The summed E-state index contributed by atoms with van der Waals surface area (Å²) in [5, 5.41) is 5.54. The summed E-state index contributed by atoms with van der Waals surface area (Å²) in [4.78, 5) is 24.0. The van der Waals surface area contributed by atoms with Crippen LogP contribution < -0.4 is 10.6 Å². The number of carbonyl (C=O) groups excluding carboxylic acids is 2. The standard InChI is InChI=1S/C16H17N3O3S/c1-3-22-15(21)12-9-10-19(2)13(12)17-16(23)18-14(20)11-7-5-4-6-8-11/h4-10H,3H2,1-2H3,(H2,17,18,20,23). The number of nitrogens with one attached hydrogen (secondary N) is 2. The van der Waals surface area contributed by atoms with Crippen LogP contribution >= 0.6 is 12.2 Å². The highest BCUT2D eigenvalue weighted by atomic mass is 32.1. The van der Waals surface area contributed by atoms with Crippen LogP contribution in [0.3, 0.4) is 0 Å². The van der Waals surface area contributed by atoms with Gasteiger partial charge in [-0.25, -0.2) is 4.79 Å². The highest BCUT2D eigenvalue weighted by Gasteiger charge is 2.17. The lowest BCUT2D eigenvalue weighted by atomic mass is 10.2. The quantitative estimate of drug-likeness (QED) is 0.664. The van der Waals surface area contributed by atoms with E-state index >= 15 is 0 Å². The van der Waals surface area contributed by atoms with E-state index in [0.29, 0.717) is 16.9 Å². The minimum atomic E-state index is -0.451. The van der Waals surface area contributed by atoms with Crippen molar-refractivity contribution in [3.05, 3.63) is 53.7 Å². The maximum atomic E-state index is 12.1. The number of amides is 1. The molecular formula is C16H17N3O3S. The van der Waals surface area contributed by atoms with Crippen LogP contribution in [0.5, 0.6) is 0 Å². The highest BCUT2D eigenvalue weighted by Crippen LogP contribution is 2.17. The average Bonchev–Trinajstić information content (AvgIpc) is 2.89. The molecule has 1 aromatic carbocycles. The molecule has 2 aromatic rings. The molecule has 7 heteroatoms.